The summed E-state index contributed by atoms with van der Waals surface area (Å²) in [6.07, 6.45) is 1.28. The average Bonchev–Trinajstić information content (AvgIpc) is 2.76. The Kier molecular flexibility index (Phi) is 4.33. The lowest BCUT2D eigenvalue weighted by atomic mass is 10.1. The first kappa shape index (κ1) is 13.1. The number of nitrogens with one attached hydrogen (secondary N) is 1. The van der Waals surface area contributed by atoms with E-state index in [0.29, 0.717) is 5.56 Å². The summed E-state index contributed by atoms with van der Waals surface area (Å²) in [6, 6.07) is 7.47. The summed E-state index contributed by atoms with van der Waals surface area (Å²) in [5, 5.41) is 3.47. The van der Waals surface area contributed by atoms with E-state index >= 15 is 0 Å². The first-order chi connectivity index (χ1) is 8.65. The predicted molar refractivity (Wildman–Crippen MR) is 72.3 cm³/mol. The van der Waals surface area contributed by atoms with E-state index in [2.05, 4.69) is 17.3 Å². The lowest BCUT2D eigenvalue weighted by Crippen LogP contribution is -2.24. The first-order valence-electron chi connectivity index (χ1n) is 6.43. The van der Waals surface area contributed by atoms with E-state index in [9.17, 15) is 4.79 Å². The number of rotatable bonds is 5. The minimum Gasteiger partial charge on any atom is -0.366 e. The van der Waals surface area contributed by atoms with Crippen LogP contribution in [0.2, 0.25) is 0 Å². The zero-order valence-corrected chi connectivity index (χ0v) is 10.9. The van der Waals surface area contributed by atoms with E-state index in [0.717, 1.165) is 19.0 Å². The largest absolute Gasteiger partial charge is 0.366 e. The lowest BCUT2D eigenvalue weighted by molar-refractivity contribution is 0.100. The second-order valence-corrected chi connectivity index (χ2v) is 5.11. The molecule has 1 aromatic rings. The molecule has 0 spiro atoms. The molecule has 1 saturated heterocycles. The van der Waals surface area contributed by atoms with E-state index < -0.39 is 0 Å². The van der Waals surface area contributed by atoms with Crippen LogP contribution in [-0.4, -0.2) is 37.5 Å². The maximum Gasteiger partial charge on any atom is 0.248 e. The molecule has 1 heterocycles. The van der Waals surface area contributed by atoms with Crippen LogP contribution in [0.25, 0.3) is 0 Å². The predicted octanol–water partition coefficient (Wildman–Crippen LogP) is 0.827. The molecular formula is C14H21N3O. The molecule has 1 aliphatic heterocycles. The van der Waals surface area contributed by atoms with Gasteiger partial charge in [0.25, 0.3) is 0 Å². The summed E-state index contributed by atoms with van der Waals surface area (Å²) in [5.74, 6) is 0.392. The van der Waals surface area contributed by atoms with Crippen molar-refractivity contribution in [2.45, 2.75) is 13.0 Å². The molecule has 3 N–H and O–H groups in total. The zero-order valence-electron chi connectivity index (χ0n) is 10.9. The summed E-state index contributed by atoms with van der Waals surface area (Å²) >= 11 is 0. The highest BCUT2D eigenvalue weighted by atomic mass is 16.1. The highest BCUT2D eigenvalue weighted by molar-refractivity contribution is 5.92. The Bertz CT molecular complexity index is 402. The van der Waals surface area contributed by atoms with Crippen LogP contribution < -0.4 is 11.1 Å². The molecule has 0 radical (unpaired) electrons. The van der Waals surface area contributed by atoms with Crippen molar-refractivity contribution in [2.24, 2.45) is 11.7 Å². The molecule has 0 bridgehead atoms. The third-order valence-corrected chi connectivity index (χ3v) is 3.49. The van der Waals surface area contributed by atoms with Gasteiger partial charge in [0.05, 0.1) is 0 Å². The Labute approximate surface area is 108 Å². The maximum atomic E-state index is 10.9. The Balaban J connectivity index is 1.75. The fourth-order valence-electron chi connectivity index (χ4n) is 2.40. The van der Waals surface area contributed by atoms with Gasteiger partial charge in [-0.2, -0.15) is 0 Å². The summed E-state index contributed by atoms with van der Waals surface area (Å²) in [4.78, 5) is 13.3. The fourth-order valence-corrected chi connectivity index (χ4v) is 2.40. The second-order valence-electron chi connectivity index (χ2n) is 5.11. The fraction of sp³-hybridized carbons (Fsp3) is 0.500. The van der Waals surface area contributed by atoms with Crippen molar-refractivity contribution in [3.05, 3.63) is 35.4 Å². The van der Waals surface area contributed by atoms with Crippen molar-refractivity contribution in [1.29, 1.82) is 0 Å². The van der Waals surface area contributed by atoms with Crippen LogP contribution in [0.5, 0.6) is 0 Å². The van der Waals surface area contributed by atoms with E-state index in [-0.39, 0.29) is 5.91 Å². The van der Waals surface area contributed by atoms with Gasteiger partial charge >= 0.3 is 0 Å². The molecule has 2 rings (SSSR count). The molecule has 4 heteroatoms. The van der Waals surface area contributed by atoms with Crippen molar-refractivity contribution in [2.75, 3.05) is 26.7 Å². The number of hydrogen-bond donors (Lipinski definition) is 2. The highest BCUT2D eigenvalue weighted by Gasteiger charge is 2.18. The molecule has 4 nitrogen and oxygen atoms in total. The van der Waals surface area contributed by atoms with Crippen LogP contribution >= 0.6 is 0 Å². The van der Waals surface area contributed by atoms with Gasteiger partial charge in [-0.3, -0.25) is 4.79 Å². The molecule has 0 saturated carbocycles. The number of hydrogen-bond acceptors (Lipinski definition) is 3. The molecule has 1 aromatic carbocycles. The van der Waals surface area contributed by atoms with Gasteiger partial charge in [0, 0.05) is 18.7 Å². The van der Waals surface area contributed by atoms with E-state index in [1.54, 1.807) is 12.1 Å². The molecule has 1 fully saturated rings. The normalized spacial score (nSPS) is 20.2. The topological polar surface area (TPSA) is 58.4 Å². The number of benzene rings is 1. The minimum atomic E-state index is -0.372. The Morgan fingerprint density at radius 3 is 2.72 bits per heavy atom. The number of carbonyl (C=O) groups excluding carboxylic acids is 1. The molecule has 1 atom stereocenters. The van der Waals surface area contributed by atoms with Crippen molar-refractivity contribution < 1.29 is 4.79 Å². The number of nitrogens with zero attached hydrogens (tertiary/aromatic N) is 1. The van der Waals surface area contributed by atoms with Crippen LogP contribution in [0.4, 0.5) is 0 Å². The molecular weight excluding hydrogens is 226 g/mol. The van der Waals surface area contributed by atoms with Crippen LogP contribution in [0.3, 0.4) is 0 Å². The molecule has 1 amide bonds. The SMILES string of the molecule is CN1CCC(CNCc2ccc(C(N)=O)cc2)C1. The van der Waals surface area contributed by atoms with Crippen LogP contribution in [-0.2, 0) is 6.54 Å². The molecule has 1 aliphatic rings. The molecule has 18 heavy (non-hydrogen) atoms. The van der Waals surface area contributed by atoms with Gasteiger partial charge < -0.3 is 16.0 Å². The third-order valence-electron chi connectivity index (χ3n) is 3.49. The first-order valence-corrected chi connectivity index (χ1v) is 6.43. The van der Waals surface area contributed by atoms with Crippen LogP contribution in [0.15, 0.2) is 24.3 Å². The van der Waals surface area contributed by atoms with Gasteiger partial charge in [-0.05, 0) is 50.2 Å². The van der Waals surface area contributed by atoms with E-state index in [1.165, 1.54) is 25.1 Å². The average molecular weight is 247 g/mol. The van der Waals surface area contributed by atoms with Gasteiger partial charge in [0.2, 0.25) is 5.91 Å². The minimum absolute atomic E-state index is 0.372. The summed E-state index contributed by atoms with van der Waals surface area (Å²) in [7, 11) is 2.17. The monoisotopic (exact) mass is 247 g/mol. The van der Waals surface area contributed by atoms with Gasteiger partial charge in [0.1, 0.15) is 0 Å². The Morgan fingerprint density at radius 1 is 1.44 bits per heavy atom. The molecule has 1 unspecified atom stereocenters. The standard InChI is InChI=1S/C14H21N3O/c1-17-7-6-12(10-17)9-16-8-11-2-4-13(5-3-11)14(15)18/h2-5,12,16H,6-10H2,1H3,(H2,15,18). The quantitative estimate of drug-likeness (QED) is 0.810. The molecule has 0 aromatic heterocycles. The van der Waals surface area contributed by atoms with Crippen molar-refractivity contribution in [3.63, 3.8) is 0 Å². The van der Waals surface area contributed by atoms with Crippen molar-refractivity contribution in [1.82, 2.24) is 10.2 Å². The van der Waals surface area contributed by atoms with E-state index in [4.69, 9.17) is 5.73 Å². The smallest absolute Gasteiger partial charge is 0.248 e. The molecule has 98 valence electrons. The second kappa shape index (κ2) is 5.98. The number of likely N-dealkylation sites (tertiary alicyclic amines) is 1. The van der Waals surface area contributed by atoms with Crippen LogP contribution in [0, 0.1) is 5.92 Å². The van der Waals surface area contributed by atoms with Gasteiger partial charge in [-0.1, -0.05) is 12.1 Å². The number of amides is 1. The lowest BCUT2D eigenvalue weighted by Gasteiger charge is -2.11. The summed E-state index contributed by atoms with van der Waals surface area (Å²) in [5.41, 5.74) is 6.95. The summed E-state index contributed by atoms with van der Waals surface area (Å²) in [6.45, 7) is 4.30. The van der Waals surface area contributed by atoms with E-state index in [1.807, 2.05) is 12.1 Å². The van der Waals surface area contributed by atoms with Crippen molar-refractivity contribution in [3.8, 4) is 0 Å². The molecule has 0 aliphatic carbocycles. The maximum absolute atomic E-state index is 10.9. The zero-order chi connectivity index (χ0) is 13.0. The number of primary amides is 1. The Morgan fingerprint density at radius 2 is 2.17 bits per heavy atom. The number of carbonyl (C=O) groups is 1. The van der Waals surface area contributed by atoms with Crippen LogP contribution in [0.1, 0.15) is 22.3 Å². The number of nitrogens with two attached hydrogens (primary N) is 1. The Hall–Kier alpha value is -1.39. The van der Waals surface area contributed by atoms with Crippen molar-refractivity contribution >= 4 is 5.91 Å². The summed E-state index contributed by atoms with van der Waals surface area (Å²) < 4.78 is 0. The third kappa shape index (κ3) is 3.55. The van der Waals surface area contributed by atoms with Gasteiger partial charge in [-0.15, -0.1) is 0 Å². The van der Waals surface area contributed by atoms with Gasteiger partial charge in [0.15, 0.2) is 0 Å². The highest BCUT2D eigenvalue weighted by Crippen LogP contribution is 2.13. The van der Waals surface area contributed by atoms with Gasteiger partial charge in [-0.25, -0.2) is 0 Å².